The Morgan fingerprint density at radius 2 is 2.16 bits per heavy atom. The molecule has 1 aliphatic rings. The predicted molar refractivity (Wildman–Crippen MR) is 76.1 cm³/mol. The average Bonchev–Trinajstić information content (AvgIpc) is 3.21. The van der Waals surface area contributed by atoms with E-state index in [-0.39, 0.29) is 12.0 Å². The molecule has 0 N–H and O–H groups in total. The number of ether oxygens (including phenoxy) is 1. The van der Waals surface area contributed by atoms with E-state index in [1.54, 1.807) is 0 Å². The number of benzene rings is 1. The summed E-state index contributed by atoms with van der Waals surface area (Å²) in [5, 5.41) is 0.713. The maximum absolute atomic E-state index is 12.4. The summed E-state index contributed by atoms with van der Waals surface area (Å²) in [5.41, 5.74) is 0.994. The van der Waals surface area contributed by atoms with E-state index < -0.39 is 0 Å². The second-order valence-electron chi connectivity index (χ2n) is 4.89. The van der Waals surface area contributed by atoms with E-state index in [1.807, 2.05) is 43.0 Å². The first-order valence-electron chi connectivity index (χ1n) is 6.79. The number of rotatable bonds is 6. The van der Waals surface area contributed by atoms with Crippen LogP contribution >= 0.6 is 11.6 Å². The van der Waals surface area contributed by atoms with E-state index >= 15 is 0 Å². The molecule has 104 valence electrons. The van der Waals surface area contributed by atoms with Crippen LogP contribution in [-0.2, 0) is 16.1 Å². The molecule has 0 aliphatic heterocycles. The van der Waals surface area contributed by atoms with Gasteiger partial charge >= 0.3 is 0 Å². The molecule has 3 nitrogen and oxygen atoms in total. The van der Waals surface area contributed by atoms with Gasteiger partial charge in [-0.3, -0.25) is 4.79 Å². The van der Waals surface area contributed by atoms with Crippen LogP contribution in [0, 0.1) is 0 Å². The maximum Gasteiger partial charge on any atom is 0.251 e. The lowest BCUT2D eigenvalue weighted by Gasteiger charge is -2.26. The summed E-state index contributed by atoms with van der Waals surface area (Å²) in [6, 6.07) is 8.03. The van der Waals surface area contributed by atoms with Gasteiger partial charge in [-0.1, -0.05) is 29.8 Å². The van der Waals surface area contributed by atoms with Gasteiger partial charge in [-0.05, 0) is 38.3 Å². The Balaban J connectivity index is 2.08. The molecular formula is C15H20ClNO2. The summed E-state index contributed by atoms with van der Waals surface area (Å²) < 4.78 is 5.41. The Morgan fingerprint density at radius 3 is 2.74 bits per heavy atom. The standard InChI is InChI=1S/C15H20ClNO2/c1-3-19-11(2)15(18)17(13-8-9-13)10-12-6-4-5-7-14(12)16/h4-7,11,13H,3,8-10H2,1-2H3/t11-/m1/s1. The maximum atomic E-state index is 12.4. The van der Waals surface area contributed by atoms with Gasteiger partial charge in [-0.25, -0.2) is 0 Å². The van der Waals surface area contributed by atoms with Crippen molar-refractivity contribution >= 4 is 17.5 Å². The lowest BCUT2D eigenvalue weighted by molar-refractivity contribution is -0.143. The molecule has 19 heavy (non-hydrogen) atoms. The lowest BCUT2D eigenvalue weighted by Crippen LogP contribution is -2.40. The Labute approximate surface area is 119 Å². The SMILES string of the molecule is CCO[C@H](C)C(=O)N(Cc1ccccc1Cl)C1CC1. The molecule has 0 heterocycles. The molecule has 1 saturated carbocycles. The first kappa shape index (κ1) is 14.4. The largest absolute Gasteiger partial charge is 0.369 e. The minimum Gasteiger partial charge on any atom is -0.369 e. The number of nitrogens with zero attached hydrogens (tertiary/aromatic N) is 1. The van der Waals surface area contributed by atoms with Crippen molar-refractivity contribution in [1.82, 2.24) is 4.90 Å². The number of halogens is 1. The van der Waals surface area contributed by atoms with Crippen LogP contribution in [0.1, 0.15) is 32.3 Å². The Hall–Kier alpha value is -1.06. The average molecular weight is 282 g/mol. The summed E-state index contributed by atoms with van der Waals surface area (Å²) in [4.78, 5) is 14.3. The predicted octanol–water partition coefficient (Wildman–Crippen LogP) is 3.26. The third-order valence-corrected chi connectivity index (χ3v) is 3.70. The second kappa shape index (κ2) is 6.40. The van der Waals surface area contributed by atoms with Crippen LogP contribution in [0.25, 0.3) is 0 Å². The van der Waals surface area contributed by atoms with Crippen LogP contribution in [-0.4, -0.2) is 29.6 Å². The molecule has 0 bridgehead atoms. The van der Waals surface area contributed by atoms with Gasteiger partial charge < -0.3 is 9.64 Å². The molecular weight excluding hydrogens is 262 g/mol. The minimum absolute atomic E-state index is 0.0595. The molecule has 0 radical (unpaired) electrons. The molecule has 1 aliphatic carbocycles. The second-order valence-corrected chi connectivity index (χ2v) is 5.29. The van der Waals surface area contributed by atoms with Crippen LogP contribution in [0.15, 0.2) is 24.3 Å². The Kier molecular flexibility index (Phi) is 4.83. The van der Waals surface area contributed by atoms with Crippen molar-refractivity contribution in [2.24, 2.45) is 0 Å². The van der Waals surface area contributed by atoms with Crippen LogP contribution in [0.2, 0.25) is 5.02 Å². The molecule has 0 aromatic heterocycles. The van der Waals surface area contributed by atoms with Crippen molar-refractivity contribution in [3.8, 4) is 0 Å². The highest BCUT2D eigenvalue weighted by Crippen LogP contribution is 2.30. The molecule has 1 fully saturated rings. The zero-order chi connectivity index (χ0) is 13.8. The van der Waals surface area contributed by atoms with Crippen molar-refractivity contribution in [3.63, 3.8) is 0 Å². The Morgan fingerprint density at radius 1 is 1.47 bits per heavy atom. The highest BCUT2D eigenvalue weighted by molar-refractivity contribution is 6.31. The quantitative estimate of drug-likeness (QED) is 0.801. The molecule has 0 unspecified atom stereocenters. The summed E-state index contributed by atoms with van der Waals surface area (Å²) >= 11 is 6.17. The summed E-state index contributed by atoms with van der Waals surface area (Å²) in [6.07, 6.45) is 1.78. The number of hydrogen-bond acceptors (Lipinski definition) is 2. The smallest absolute Gasteiger partial charge is 0.251 e. The molecule has 1 atom stereocenters. The number of hydrogen-bond donors (Lipinski definition) is 0. The van der Waals surface area contributed by atoms with E-state index in [2.05, 4.69) is 0 Å². The zero-order valence-electron chi connectivity index (χ0n) is 11.4. The van der Waals surface area contributed by atoms with Crippen molar-refractivity contribution < 1.29 is 9.53 Å². The molecule has 0 spiro atoms. The molecule has 2 rings (SSSR count). The van der Waals surface area contributed by atoms with Gasteiger partial charge in [0.1, 0.15) is 6.10 Å². The van der Waals surface area contributed by atoms with Gasteiger partial charge in [0.25, 0.3) is 5.91 Å². The summed E-state index contributed by atoms with van der Waals surface area (Å²) in [6.45, 7) is 4.84. The van der Waals surface area contributed by atoms with E-state index in [1.165, 1.54) is 0 Å². The van der Waals surface area contributed by atoms with Crippen LogP contribution in [0.3, 0.4) is 0 Å². The fourth-order valence-electron chi connectivity index (χ4n) is 2.14. The summed E-state index contributed by atoms with van der Waals surface area (Å²) in [7, 11) is 0. The number of carbonyl (C=O) groups excluding carboxylic acids is 1. The van der Waals surface area contributed by atoms with E-state index in [0.29, 0.717) is 24.2 Å². The highest BCUT2D eigenvalue weighted by Gasteiger charge is 2.34. The highest BCUT2D eigenvalue weighted by atomic mass is 35.5. The number of amides is 1. The first-order chi connectivity index (χ1) is 9.13. The number of carbonyl (C=O) groups is 1. The molecule has 1 aromatic rings. The van der Waals surface area contributed by atoms with E-state index in [9.17, 15) is 4.79 Å². The molecule has 4 heteroatoms. The van der Waals surface area contributed by atoms with Gasteiger partial charge in [0.05, 0.1) is 0 Å². The van der Waals surface area contributed by atoms with Gasteiger partial charge in [-0.2, -0.15) is 0 Å². The normalized spacial score (nSPS) is 16.2. The van der Waals surface area contributed by atoms with E-state index in [0.717, 1.165) is 18.4 Å². The van der Waals surface area contributed by atoms with Gasteiger partial charge in [-0.15, -0.1) is 0 Å². The van der Waals surface area contributed by atoms with Gasteiger partial charge in [0.15, 0.2) is 0 Å². The van der Waals surface area contributed by atoms with Crippen molar-refractivity contribution in [2.75, 3.05) is 6.61 Å². The fourth-order valence-corrected chi connectivity index (χ4v) is 2.33. The van der Waals surface area contributed by atoms with Gasteiger partial charge in [0, 0.05) is 24.2 Å². The fraction of sp³-hybridized carbons (Fsp3) is 0.533. The van der Waals surface area contributed by atoms with Crippen LogP contribution < -0.4 is 0 Å². The lowest BCUT2D eigenvalue weighted by atomic mass is 10.2. The zero-order valence-corrected chi connectivity index (χ0v) is 12.2. The van der Waals surface area contributed by atoms with Crippen molar-refractivity contribution in [1.29, 1.82) is 0 Å². The Bertz CT molecular complexity index is 446. The van der Waals surface area contributed by atoms with Gasteiger partial charge in [0.2, 0.25) is 0 Å². The van der Waals surface area contributed by atoms with E-state index in [4.69, 9.17) is 16.3 Å². The minimum atomic E-state index is -0.381. The van der Waals surface area contributed by atoms with Crippen molar-refractivity contribution in [2.45, 2.75) is 45.4 Å². The molecule has 1 aromatic carbocycles. The molecule has 0 saturated heterocycles. The topological polar surface area (TPSA) is 29.5 Å². The van der Waals surface area contributed by atoms with Crippen LogP contribution in [0.5, 0.6) is 0 Å². The summed E-state index contributed by atoms with van der Waals surface area (Å²) in [5.74, 6) is 0.0595. The third-order valence-electron chi connectivity index (χ3n) is 3.33. The van der Waals surface area contributed by atoms with Crippen molar-refractivity contribution in [3.05, 3.63) is 34.9 Å². The monoisotopic (exact) mass is 281 g/mol. The molecule has 1 amide bonds. The third kappa shape index (κ3) is 3.71. The first-order valence-corrected chi connectivity index (χ1v) is 7.16. The van der Waals surface area contributed by atoms with Crippen LogP contribution in [0.4, 0.5) is 0 Å².